The summed E-state index contributed by atoms with van der Waals surface area (Å²) in [7, 11) is 0. The Bertz CT molecular complexity index is 487. The van der Waals surface area contributed by atoms with Crippen LogP contribution < -0.4 is 4.74 Å². The third-order valence-electron chi connectivity index (χ3n) is 2.27. The van der Waals surface area contributed by atoms with Gasteiger partial charge in [-0.25, -0.2) is 4.98 Å². The average molecular weight is 310 g/mol. The topological polar surface area (TPSA) is 22.1 Å². The minimum atomic E-state index is 0.654. The summed E-state index contributed by atoms with van der Waals surface area (Å²) >= 11 is 5.13. The third-order valence-corrected chi connectivity index (χ3v) is 3.62. The first-order valence-electron chi connectivity index (χ1n) is 5.15. The molecular formula is C13H12BrNOS. The van der Waals surface area contributed by atoms with Gasteiger partial charge in [-0.3, -0.25) is 0 Å². The minimum Gasteiger partial charge on any atom is -0.439 e. The number of rotatable bonds is 4. The van der Waals surface area contributed by atoms with E-state index in [2.05, 4.69) is 27.2 Å². The highest BCUT2D eigenvalue weighted by Gasteiger charge is 2.04. The van der Waals surface area contributed by atoms with E-state index in [1.54, 1.807) is 18.0 Å². The van der Waals surface area contributed by atoms with Gasteiger partial charge in [0.25, 0.3) is 0 Å². The number of thioether (sulfide) groups is 1. The molecule has 2 rings (SSSR count). The van der Waals surface area contributed by atoms with Gasteiger partial charge in [0, 0.05) is 22.0 Å². The summed E-state index contributed by atoms with van der Waals surface area (Å²) < 4.78 is 5.75. The van der Waals surface area contributed by atoms with E-state index in [1.807, 2.05) is 36.4 Å². The standard InChI is InChI=1S/C13H12BrNOS/c1-17-12-6-4-11(5-7-12)16-13-10(9-14)3-2-8-15-13/h2-8H,9H2,1H3. The van der Waals surface area contributed by atoms with Crippen molar-refractivity contribution in [2.24, 2.45) is 0 Å². The van der Waals surface area contributed by atoms with Gasteiger partial charge in [-0.1, -0.05) is 22.0 Å². The van der Waals surface area contributed by atoms with E-state index in [0.29, 0.717) is 5.88 Å². The van der Waals surface area contributed by atoms with Gasteiger partial charge in [0.2, 0.25) is 5.88 Å². The molecule has 0 radical (unpaired) electrons. The summed E-state index contributed by atoms with van der Waals surface area (Å²) in [4.78, 5) is 5.45. The van der Waals surface area contributed by atoms with Gasteiger partial charge >= 0.3 is 0 Å². The molecule has 88 valence electrons. The lowest BCUT2D eigenvalue weighted by atomic mass is 10.3. The highest BCUT2D eigenvalue weighted by molar-refractivity contribution is 9.08. The summed E-state index contributed by atoms with van der Waals surface area (Å²) in [6.07, 6.45) is 3.79. The zero-order chi connectivity index (χ0) is 12.1. The monoisotopic (exact) mass is 309 g/mol. The summed E-state index contributed by atoms with van der Waals surface area (Å²) in [6, 6.07) is 11.9. The zero-order valence-electron chi connectivity index (χ0n) is 9.39. The maximum Gasteiger partial charge on any atom is 0.223 e. The Morgan fingerprint density at radius 2 is 2.00 bits per heavy atom. The van der Waals surface area contributed by atoms with Crippen LogP contribution in [0.25, 0.3) is 0 Å². The van der Waals surface area contributed by atoms with E-state index >= 15 is 0 Å². The Hall–Kier alpha value is -1.000. The van der Waals surface area contributed by atoms with Crippen LogP contribution in [0, 0.1) is 0 Å². The summed E-state index contributed by atoms with van der Waals surface area (Å²) in [6.45, 7) is 0. The van der Waals surface area contributed by atoms with Crippen molar-refractivity contribution in [3.63, 3.8) is 0 Å². The Balaban J connectivity index is 2.19. The zero-order valence-corrected chi connectivity index (χ0v) is 11.8. The van der Waals surface area contributed by atoms with Gasteiger partial charge in [-0.05, 0) is 36.6 Å². The molecule has 0 bridgehead atoms. The predicted octanol–water partition coefficient (Wildman–Crippen LogP) is 4.49. The number of ether oxygens (including phenoxy) is 1. The maximum atomic E-state index is 5.75. The lowest BCUT2D eigenvalue weighted by Gasteiger charge is -2.08. The molecule has 1 aromatic carbocycles. The number of alkyl halides is 1. The predicted molar refractivity (Wildman–Crippen MR) is 75.2 cm³/mol. The number of halogens is 1. The van der Waals surface area contributed by atoms with E-state index in [1.165, 1.54) is 4.90 Å². The fraction of sp³-hybridized carbons (Fsp3) is 0.154. The number of pyridine rings is 1. The van der Waals surface area contributed by atoms with Gasteiger partial charge < -0.3 is 4.74 Å². The molecule has 0 saturated carbocycles. The van der Waals surface area contributed by atoms with Crippen LogP contribution in [0.5, 0.6) is 11.6 Å². The third kappa shape index (κ3) is 3.23. The fourth-order valence-electron chi connectivity index (χ4n) is 1.37. The lowest BCUT2D eigenvalue weighted by Crippen LogP contribution is -1.92. The van der Waals surface area contributed by atoms with Crippen molar-refractivity contribution >= 4 is 27.7 Å². The molecule has 0 aliphatic carbocycles. The van der Waals surface area contributed by atoms with Crippen LogP contribution in [0.2, 0.25) is 0 Å². The molecule has 4 heteroatoms. The van der Waals surface area contributed by atoms with Crippen LogP contribution in [0.15, 0.2) is 47.5 Å². The van der Waals surface area contributed by atoms with Crippen molar-refractivity contribution in [1.82, 2.24) is 4.98 Å². The molecule has 0 spiro atoms. The molecule has 1 heterocycles. The van der Waals surface area contributed by atoms with Crippen LogP contribution in [0.1, 0.15) is 5.56 Å². The molecule has 0 N–H and O–H groups in total. The minimum absolute atomic E-state index is 0.654. The normalized spacial score (nSPS) is 10.2. The Morgan fingerprint density at radius 3 is 2.65 bits per heavy atom. The van der Waals surface area contributed by atoms with Crippen LogP contribution in [-0.4, -0.2) is 11.2 Å². The number of benzene rings is 1. The summed E-state index contributed by atoms with van der Waals surface area (Å²) in [5.74, 6) is 1.46. The average Bonchev–Trinajstić information content (AvgIpc) is 2.40. The van der Waals surface area contributed by atoms with Crippen molar-refractivity contribution in [3.8, 4) is 11.6 Å². The van der Waals surface area contributed by atoms with Crippen LogP contribution in [-0.2, 0) is 5.33 Å². The van der Waals surface area contributed by atoms with Crippen molar-refractivity contribution in [2.45, 2.75) is 10.2 Å². The second kappa shape index (κ2) is 6.07. The Morgan fingerprint density at radius 1 is 1.24 bits per heavy atom. The van der Waals surface area contributed by atoms with Gasteiger partial charge in [0.15, 0.2) is 0 Å². The summed E-state index contributed by atoms with van der Waals surface area (Å²) in [5, 5.41) is 0.735. The molecule has 2 nitrogen and oxygen atoms in total. The molecule has 1 aromatic heterocycles. The molecular weight excluding hydrogens is 298 g/mol. The second-order valence-corrected chi connectivity index (χ2v) is 4.82. The van der Waals surface area contributed by atoms with E-state index in [9.17, 15) is 0 Å². The number of hydrogen-bond donors (Lipinski definition) is 0. The van der Waals surface area contributed by atoms with E-state index in [4.69, 9.17) is 4.74 Å². The largest absolute Gasteiger partial charge is 0.439 e. The molecule has 0 atom stereocenters. The SMILES string of the molecule is CSc1ccc(Oc2ncccc2CBr)cc1. The molecule has 0 fully saturated rings. The molecule has 0 aliphatic heterocycles. The first kappa shape index (κ1) is 12.5. The Kier molecular flexibility index (Phi) is 4.45. The molecule has 0 amide bonds. The van der Waals surface area contributed by atoms with Crippen molar-refractivity contribution in [3.05, 3.63) is 48.2 Å². The highest BCUT2D eigenvalue weighted by Crippen LogP contribution is 2.26. The van der Waals surface area contributed by atoms with Crippen molar-refractivity contribution in [2.75, 3.05) is 6.26 Å². The molecule has 0 aliphatic rings. The van der Waals surface area contributed by atoms with Crippen LogP contribution in [0.4, 0.5) is 0 Å². The quantitative estimate of drug-likeness (QED) is 0.613. The van der Waals surface area contributed by atoms with Gasteiger partial charge in [-0.2, -0.15) is 0 Å². The second-order valence-electron chi connectivity index (χ2n) is 3.38. The maximum absolute atomic E-state index is 5.75. The number of aromatic nitrogens is 1. The smallest absolute Gasteiger partial charge is 0.223 e. The van der Waals surface area contributed by atoms with Crippen molar-refractivity contribution in [1.29, 1.82) is 0 Å². The highest BCUT2D eigenvalue weighted by atomic mass is 79.9. The molecule has 17 heavy (non-hydrogen) atoms. The summed E-state index contributed by atoms with van der Waals surface area (Å²) in [5.41, 5.74) is 1.04. The van der Waals surface area contributed by atoms with E-state index < -0.39 is 0 Å². The van der Waals surface area contributed by atoms with Crippen LogP contribution in [0.3, 0.4) is 0 Å². The van der Waals surface area contributed by atoms with Gasteiger partial charge in [0.1, 0.15) is 5.75 Å². The fourth-order valence-corrected chi connectivity index (χ4v) is 2.21. The Labute approximate surface area is 114 Å². The van der Waals surface area contributed by atoms with Crippen molar-refractivity contribution < 1.29 is 4.74 Å². The molecule has 2 aromatic rings. The van der Waals surface area contributed by atoms with Gasteiger partial charge in [0.05, 0.1) is 0 Å². The van der Waals surface area contributed by atoms with E-state index in [-0.39, 0.29) is 0 Å². The molecule has 0 saturated heterocycles. The number of hydrogen-bond acceptors (Lipinski definition) is 3. The van der Waals surface area contributed by atoms with Gasteiger partial charge in [-0.15, -0.1) is 11.8 Å². The number of nitrogens with zero attached hydrogens (tertiary/aromatic N) is 1. The lowest BCUT2D eigenvalue weighted by molar-refractivity contribution is 0.458. The molecule has 0 unspecified atom stereocenters. The van der Waals surface area contributed by atoms with Crippen LogP contribution >= 0.6 is 27.7 Å². The first-order valence-corrected chi connectivity index (χ1v) is 7.50. The van der Waals surface area contributed by atoms with E-state index in [0.717, 1.165) is 16.6 Å². The first-order chi connectivity index (χ1) is 8.33.